The summed E-state index contributed by atoms with van der Waals surface area (Å²) in [4.78, 5) is 24.9. The van der Waals surface area contributed by atoms with Crippen LogP contribution in [0.25, 0.3) is 0 Å². The fourth-order valence-corrected chi connectivity index (χ4v) is 4.18. The van der Waals surface area contributed by atoms with Crippen molar-refractivity contribution in [3.63, 3.8) is 0 Å². The van der Waals surface area contributed by atoms with Crippen molar-refractivity contribution in [2.24, 2.45) is 0 Å². The Hall–Kier alpha value is -3.15. The molecule has 2 atom stereocenters. The number of alkyl halides is 6. The van der Waals surface area contributed by atoms with E-state index in [0.717, 1.165) is 37.1 Å². The van der Waals surface area contributed by atoms with E-state index in [9.17, 15) is 35.9 Å². The highest BCUT2D eigenvalue weighted by Gasteiger charge is 2.32. The van der Waals surface area contributed by atoms with Crippen molar-refractivity contribution in [1.29, 1.82) is 0 Å². The lowest BCUT2D eigenvalue weighted by atomic mass is 9.90. The van der Waals surface area contributed by atoms with Gasteiger partial charge in [-0.25, -0.2) is 0 Å². The van der Waals surface area contributed by atoms with Gasteiger partial charge in [0, 0.05) is 23.2 Å². The van der Waals surface area contributed by atoms with Crippen LogP contribution in [0, 0.1) is 0 Å². The summed E-state index contributed by atoms with van der Waals surface area (Å²) in [5.41, 5.74) is -1.58. The molecule has 1 aliphatic carbocycles. The number of amides is 2. The van der Waals surface area contributed by atoms with Crippen LogP contribution in [-0.2, 0) is 17.1 Å². The second-order valence-corrected chi connectivity index (χ2v) is 8.78. The van der Waals surface area contributed by atoms with E-state index in [2.05, 4.69) is 16.0 Å². The molecule has 0 spiro atoms. The second kappa shape index (κ2) is 11.3. The van der Waals surface area contributed by atoms with E-state index < -0.39 is 41.8 Å². The average molecular weight is 532 g/mol. The topological polar surface area (TPSA) is 70.2 Å². The van der Waals surface area contributed by atoms with Crippen LogP contribution in [0.5, 0.6) is 0 Å². The van der Waals surface area contributed by atoms with Gasteiger partial charge >= 0.3 is 12.4 Å². The van der Waals surface area contributed by atoms with Crippen LogP contribution in [0.1, 0.15) is 52.7 Å². The van der Waals surface area contributed by atoms with Crippen LogP contribution in [0.4, 0.5) is 26.3 Å². The van der Waals surface area contributed by atoms with Gasteiger partial charge in [0.1, 0.15) is 4.99 Å². The van der Waals surface area contributed by atoms with Crippen LogP contribution < -0.4 is 16.0 Å². The molecule has 0 radical (unpaired) electrons. The highest BCUT2D eigenvalue weighted by Crippen LogP contribution is 2.30. The quantitative estimate of drug-likeness (QED) is 0.369. The first-order valence-electron chi connectivity index (χ1n) is 11.1. The van der Waals surface area contributed by atoms with Gasteiger partial charge in [-0.05, 0) is 43.2 Å². The molecule has 1 aliphatic rings. The van der Waals surface area contributed by atoms with Gasteiger partial charge in [0.15, 0.2) is 0 Å². The minimum atomic E-state index is -4.60. The van der Waals surface area contributed by atoms with E-state index in [1.165, 1.54) is 18.2 Å². The number of thiocarbonyl (C=S) groups is 1. The third kappa shape index (κ3) is 7.42. The van der Waals surface area contributed by atoms with E-state index in [0.29, 0.717) is 24.5 Å². The number of hydrogen-bond donors (Lipinski definition) is 3. The molecule has 1 saturated carbocycles. The lowest BCUT2D eigenvalue weighted by molar-refractivity contribution is -0.138. The second-order valence-electron chi connectivity index (χ2n) is 8.37. The first kappa shape index (κ1) is 27.4. The summed E-state index contributed by atoms with van der Waals surface area (Å²) in [5, 5.41) is 8.20. The van der Waals surface area contributed by atoms with E-state index in [1.807, 2.05) is 0 Å². The van der Waals surface area contributed by atoms with Gasteiger partial charge in [0.25, 0.3) is 5.91 Å². The summed E-state index contributed by atoms with van der Waals surface area (Å²) in [6.45, 7) is -0.443. The maximum Gasteiger partial charge on any atom is 0.416 e. The van der Waals surface area contributed by atoms with E-state index in [4.69, 9.17) is 12.2 Å². The first-order chi connectivity index (χ1) is 16.8. The molecule has 2 unspecified atom stereocenters. The number of rotatable bonds is 6. The molecule has 1 fully saturated rings. The highest BCUT2D eigenvalue weighted by molar-refractivity contribution is 7.80. The lowest BCUT2D eigenvalue weighted by Crippen LogP contribution is -2.54. The van der Waals surface area contributed by atoms with Crippen LogP contribution in [0.3, 0.4) is 0 Å². The molecule has 2 aromatic rings. The predicted molar refractivity (Wildman–Crippen MR) is 124 cm³/mol. The van der Waals surface area contributed by atoms with Crippen molar-refractivity contribution >= 4 is 29.0 Å². The molecule has 36 heavy (non-hydrogen) atoms. The molecule has 0 bridgehead atoms. The van der Waals surface area contributed by atoms with Crippen molar-refractivity contribution in [3.8, 4) is 0 Å². The Bertz CT molecular complexity index is 1100. The lowest BCUT2D eigenvalue weighted by Gasteiger charge is -2.33. The summed E-state index contributed by atoms with van der Waals surface area (Å²) in [5.74, 6) is -1.35. The molecule has 5 nitrogen and oxygen atoms in total. The smallest absolute Gasteiger partial charge is 0.371 e. The molecular weight excluding hydrogens is 508 g/mol. The zero-order valence-electron chi connectivity index (χ0n) is 18.8. The predicted octanol–water partition coefficient (Wildman–Crippen LogP) is 4.85. The Labute approximate surface area is 208 Å². The molecule has 2 aromatic carbocycles. The third-order valence-corrected chi connectivity index (χ3v) is 6.12. The summed E-state index contributed by atoms with van der Waals surface area (Å²) < 4.78 is 76.9. The molecule has 194 valence electrons. The third-order valence-electron chi connectivity index (χ3n) is 5.76. The van der Waals surface area contributed by atoms with Gasteiger partial charge in [-0.2, -0.15) is 26.3 Å². The number of benzene rings is 2. The zero-order chi connectivity index (χ0) is 26.5. The Morgan fingerprint density at radius 3 is 1.97 bits per heavy atom. The Balaban J connectivity index is 1.55. The highest BCUT2D eigenvalue weighted by atomic mass is 32.1. The molecule has 0 saturated heterocycles. The number of nitrogens with one attached hydrogen (secondary N) is 3. The Morgan fingerprint density at radius 1 is 0.806 bits per heavy atom. The molecule has 2 amide bonds. The standard InChI is InChI=1S/C24H23F6N3O2S/c25-23(26,27)16-10-8-14(9-11-16)22(36)33-19-7-2-1-6-18(19)32-20(34)13-31-21(35)15-4-3-5-17(12-15)24(28,29)30/h3-5,8-12,18-19H,1-2,6-7,13H2,(H,31,35)(H,32,34)(H,33,36). The van der Waals surface area contributed by atoms with E-state index in [-0.39, 0.29) is 22.6 Å². The van der Waals surface area contributed by atoms with Crippen molar-refractivity contribution in [2.45, 2.75) is 50.1 Å². The molecule has 3 N–H and O–H groups in total. The summed E-state index contributed by atoms with van der Waals surface area (Å²) in [6, 6.07) is 7.66. The fraction of sp³-hybridized carbons (Fsp3) is 0.375. The zero-order valence-corrected chi connectivity index (χ0v) is 19.6. The normalized spacial score (nSPS) is 18.3. The van der Waals surface area contributed by atoms with Crippen LogP contribution in [-0.4, -0.2) is 35.4 Å². The van der Waals surface area contributed by atoms with Gasteiger partial charge in [0.2, 0.25) is 5.91 Å². The van der Waals surface area contributed by atoms with Gasteiger partial charge in [-0.15, -0.1) is 0 Å². The Morgan fingerprint density at radius 2 is 1.39 bits per heavy atom. The fourth-order valence-electron chi connectivity index (χ4n) is 3.90. The minimum Gasteiger partial charge on any atom is -0.371 e. The van der Waals surface area contributed by atoms with Gasteiger partial charge < -0.3 is 16.0 Å². The number of hydrogen-bond acceptors (Lipinski definition) is 3. The summed E-state index contributed by atoms with van der Waals surface area (Å²) >= 11 is 5.34. The number of halogens is 6. The van der Waals surface area contributed by atoms with E-state index >= 15 is 0 Å². The maximum atomic E-state index is 12.9. The molecule has 0 aliphatic heterocycles. The molecule has 0 aromatic heterocycles. The van der Waals surface area contributed by atoms with Gasteiger partial charge in [-0.3, -0.25) is 9.59 Å². The Kier molecular flexibility index (Phi) is 8.59. The van der Waals surface area contributed by atoms with Crippen molar-refractivity contribution in [1.82, 2.24) is 16.0 Å². The molecule has 12 heteroatoms. The van der Waals surface area contributed by atoms with Crippen molar-refractivity contribution < 1.29 is 35.9 Å². The maximum absolute atomic E-state index is 12.9. The SMILES string of the molecule is O=C(CNC(=O)c1cccc(C(F)(F)F)c1)NC1CCCCC1NC(=S)c1ccc(C(F)(F)F)cc1. The van der Waals surface area contributed by atoms with Crippen LogP contribution in [0.15, 0.2) is 48.5 Å². The van der Waals surface area contributed by atoms with Crippen LogP contribution in [0.2, 0.25) is 0 Å². The molecule has 0 heterocycles. The molecular formula is C24H23F6N3O2S. The summed E-state index contributed by atoms with van der Waals surface area (Å²) in [6.07, 6.45) is -6.11. The minimum absolute atomic E-state index is 0.225. The largest absolute Gasteiger partial charge is 0.416 e. The monoisotopic (exact) mass is 531 g/mol. The number of carbonyl (C=O) groups excluding carboxylic acids is 2. The average Bonchev–Trinajstić information content (AvgIpc) is 2.83. The van der Waals surface area contributed by atoms with Crippen LogP contribution >= 0.6 is 12.2 Å². The van der Waals surface area contributed by atoms with E-state index in [1.54, 1.807) is 0 Å². The van der Waals surface area contributed by atoms with Crippen molar-refractivity contribution in [2.75, 3.05) is 6.54 Å². The van der Waals surface area contributed by atoms with Gasteiger partial charge in [0.05, 0.1) is 17.7 Å². The van der Waals surface area contributed by atoms with Gasteiger partial charge in [-0.1, -0.05) is 43.3 Å². The molecule has 3 rings (SSSR count). The summed E-state index contributed by atoms with van der Waals surface area (Å²) in [7, 11) is 0. The van der Waals surface area contributed by atoms with Crippen molar-refractivity contribution in [3.05, 3.63) is 70.8 Å². The number of carbonyl (C=O) groups is 2. The first-order valence-corrected chi connectivity index (χ1v) is 11.5.